The maximum absolute atomic E-state index is 12.3. The minimum atomic E-state index is -0.303. The normalized spacial score (nSPS) is 16.8. The Morgan fingerprint density at radius 1 is 1.28 bits per heavy atom. The number of nitrogens with one attached hydrogen (secondary N) is 2. The van der Waals surface area contributed by atoms with Crippen LogP contribution in [0.15, 0.2) is 24.3 Å². The van der Waals surface area contributed by atoms with Gasteiger partial charge in [-0.3, -0.25) is 9.59 Å². The number of rotatable bonds is 7. The Morgan fingerprint density at radius 3 is 2.52 bits per heavy atom. The lowest BCUT2D eigenvalue weighted by atomic mass is 10.2. The molecule has 0 spiro atoms. The third-order valence-electron chi connectivity index (χ3n) is 4.55. The molecule has 2 N–H and O–H groups in total. The monoisotopic (exact) mass is 350 g/mol. The molecular formula is C18H28N3O4+. The van der Waals surface area contributed by atoms with Gasteiger partial charge in [-0.2, -0.15) is 0 Å². The van der Waals surface area contributed by atoms with Crippen molar-refractivity contribution in [1.82, 2.24) is 10.2 Å². The predicted molar refractivity (Wildman–Crippen MR) is 93.5 cm³/mol. The van der Waals surface area contributed by atoms with Gasteiger partial charge in [0, 0.05) is 19.6 Å². The SMILES string of the molecule is COc1ccc(CNC(=O)[C@@H](C)[NH+](C)CC(=O)N2CCOCC2)cc1. The fourth-order valence-corrected chi connectivity index (χ4v) is 2.63. The van der Waals surface area contributed by atoms with Crippen molar-refractivity contribution in [3.05, 3.63) is 29.8 Å². The molecule has 0 bridgehead atoms. The van der Waals surface area contributed by atoms with E-state index in [1.165, 1.54) is 0 Å². The number of hydrogen-bond acceptors (Lipinski definition) is 4. The average Bonchev–Trinajstić information content (AvgIpc) is 2.66. The van der Waals surface area contributed by atoms with Crippen LogP contribution in [0.25, 0.3) is 0 Å². The van der Waals surface area contributed by atoms with Crippen molar-refractivity contribution in [3.63, 3.8) is 0 Å². The summed E-state index contributed by atoms with van der Waals surface area (Å²) in [6, 6.07) is 7.26. The summed E-state index contributed by atoms with van der Waals surface area (Å²) in [7, 11) is 3.49. The number of hydrogen-bond donors (Lipinski definition) is 2. The topological polar surface area (TPSA) is 72.3 Å². The summed E-state index contributed by atoms with van der Waals surface area (Å²) < 4.78 is 10.4. The highest BCUT2D eigenvalue weighted by atomic mass is 16.5. The third kappa shape index (κ3) is 5.72. The molecule has 1 fully saturated rings. The van der Waals surface area contributed by atoms with Gasteiger partial charge in [-0.15, -0.1) is 0 Å². The van der Waals surface area contributed by atoms with Gasteiger partial charge in [-0.05, 0) is 24.6 Å². The van der Waals surface area contributed by atoms with Crippen LogP contribution < -0.4 is 15.0 Å². The molecule has 1 aromatic rings. The summed E-state index contributed by atoms with van der Waals surface area (Å²) in [4.78, 5) is 27.3. The van der Waals surface area contributed by atoms with E-state index >= 15 is 0 Å². The number of morpholine rings is 1. The van der Waals surface area contributed by atoms with Crippen molar-refractivity contribution >= 4 is 11.8 Å². The van der Waals surface area contributed by atoms with E-state index < -0.39 is 0 Å². The lowest BCUT2D eigenvalue weighted by Gasteiger charge is -2.28. The van der Waals surface area contributed by atoms with E-state index in [-0.39, 0.29) is 17.9 Å². The molecule has 1 aliphatic rings. The van der Waals surface area contributed by atoms with E-state index in [9.17, 15) is 9.59 Å². The molecule has 1 saturated heterocycles. The molecule has 0 aliphatic carbocycles. The molecule has 138 valence electrons. The van der Waals surface area contributed by atoms with Gasteiger partial charge in [0.15, 0.2) is 12.6 Å². The number of ether oxygens (including phenoxy) is 2. The molecule has 1 aromatic carbocycles. The first kappa shape index (κ1) is 19.2. The fraction of sp³-hybridized carbons (Fsp3) is 0.556. The van der Waals surface area contributed by atoms with Crippen LogP contribution in [-0.4, -0.2) is 69.8 Å². The number of amides is 2. The minimum absolute atomic E-state index is 0.0654. The summed E-state index contributed by atoms with van der Waals surface area (Å²) >= 11 is 0. The van der Waals surface area contributed by atoms with Crippen LogP contribution in [0.3, 0.4) is 0 Å². The standard InChI is InChI=1S/C18H27N3O4/c1-14(20(2)13-17(22)21-8-10-25-11-9-21)18(23)19-12-15-4-6-16(24-3)7-5-15/h4-7,14H,8-13H2,1-3H3,(H,19,23)/p+1/t14-/m1/s1. The minimum Gasteiger partial charge on any atom is -0.497 e. The van der Waals surface area contributed by atoms with Gasteiger partial charge < -0.3 is 24.6 Å². The predicted octanol–water partition coefficient (Wildman–Crippen LogP) is -0.927. The van der Waals surface area contributed by atoms with Crippen LogP contribution in [0.5, 0.6) is 5.75 Å². The zero-order valence-electron chi connectivity index (χ0n) is 15.2. The molecule has 0 aromatic heterocycles. The molecule has 0 saturated carbocycles. The van der Waals surface area contributed by atoms with Crippen LogP contribution in [0.1, 0.15) is 12.5 Å². The van der Waals surface area contributed by atoms with Crippen molar-refractivity contribution < 1.29 is 24.0 Å². The van der Waals surface area contributed by atoms with Crippen molar-refractivity contribution in [2.75, 3.05) is 47.0 Å². The second-order valence-electron chi connectivity index (χ2n) is 6.30. The Morgan fingerprint density at radius 2 is 1.92 bits per heavy atom. The smallest absolute Gasteiger partial charge is 0.278 e. The van der Waals surface area contributed by atoms with Crippen LogP contribution >= 0.6 is 0 Å². The lowest BCUT2D eigenvalue weighted by molar-refractivity contribution is -0.886. The largest absolute Gasteiger partial charge is 0.497 e. The number of likely N-dealkylation sites (N-methyl/N-ethyl adjacent to an activating group) is 1. The lowest BCUT2D eigenvalue weighted by Crippen LogP contribution is -3.15. The van der Waals surface area contributed by atoms with E-state index in [1.807, 2.05) is 38.2 Å². The summed E-state index contributed by atoms with van der Waals surface area (Å²) in [6.45, 7) is 5.03. The first-order valence-electron chi connectivity index (χ1n) is 8.59. The van der Waals surface area contributed by atoms with Gasteiger partial charge in [-0.25, -0.2) is 0 Å². The van der Waals surface area contributed by atoms with Crippen LogP contribution in [0.2, 0.25) is 0 Å². The van der Waals surface area contributed by atoms with Crippen LogP contribution in [0.4, 0.5) is 0 Å². The van der Waals surface area contributed by atoms with E-state index in [0.717, 1.165) is 16.2 Å². The molecule has 25 heavy (non-hydrogen) atoms. The van der Waals surface area contributed by atoms with E-state index in [1.54, 1.807) is 12.0 Å². The molecule has 2 amide bonds. The van der Waals surface area contributed by atoms with E-state index in [0.29, 0.717) is 39.4 Å². The van der Waals surface area contributed by atoms with Gasteiger partial charge in [0.25, 0.3) is 11.8 Å². The summed E-state index contributed by atoms with van der Waals surface area (Å²) in [5, 5.41) is 2.92. The Kier molecular flexibility index (Phi) is 7.21. The molecule has 1 aliphatic heterocycles. The number of quaternary nitrogens is 1. The third-order valence-corrected chi connectivity index (χ3v) is 4.55. The van der Waals surface area contributed by atoms with Crippen molar-refractivity contribution in [2.24, 2.45) is 0 Å². The number of carbonyl (C=O) groups excluding carboxylic acids is 2. The number of carbonyl (C=O) groups is 2. The summed E-state index contributed by atoms with van der Waals surface area (Å²) in [5.74, 6) is 0.785. The molecule has 2 rings (SSSR count). The zero-order chi connectivity index (χ0) is 18.2. The molecule has 2 atom stereocenters. The van der Waals surface area contributed by atoms with Gasteiger partial charge >= 0.3 is 0 Å². The highest BCUT2D eigenvalue weighted by Crippen LogP contribution is 2.10. The highest BCUT2D eigenvalue weighted by Gasteiger charge is 2.26. The Balaban J connectivity index is 1.78. The highest BCUT2D eigenvalue weighted by molar-refractivity contribution is 5.81. The maximum atomic E-state index is 12.3. The first-order chi connectivity index (χ1) is 12.0. The Hall–Kier alpha value is -2.12. The zero-order valence-corrected chi connectivity index (χ0v) is 15.2. The summed E-state index contributed by atoms with van der Waals surface area (Å²) in [6.07, 6.45) is 0. The number of benzene rings is 1. The molecule has 7 nitrogen and oxygen atoms in total. The molecule has 1 unspecified atom stereocenters. The van der Waals surface area contributed by atoms with Crippen molar-refractivity contribution in [1.29, 1.82) is 0 Å². The van der Waals surface area contributed by atoms with Gasteiger partial charge in [-0.1, -0.05) is 12.1 Å². The van der Waals surface area contributed by atoms with Crippen LogP contribution in [-0.2, 0) is 20.9 Å². The average molecular weight is 350 g/mol. The van der Waals surface area contributed by atoms with E-state index in [4.69, 9.17) is 9.47 Å². The Bertz CT molecular complexity index is 570. The van der Waals surface area contributed by atoms with Gasteiger partial charge in [0.2, 0.25) is 0 Å². The van der Waals surface area contributed by atoms with Gasteiger partial charge in [0.05, 0.1) is 27.4 Å². The number of methoxy groups -OCH3 is 1. The van der Waals surface area contributed by atoms with Gasteiger partial charge in [0.1, 0.15) is 5.75 Å². The quantitative estimate of drug-likeness (QED) is 0.667. The maximum Gasteiger partial charge on any atom is 0.278 e. The van der Waals surface area contributed by atoms with Crippen molar-refractivity contribution in [2.45, 2.75) is 19.5 Å². The number of nitrogens with zero attached hydrogens (tertiary/aromatic N) is 1. The molecule has 7 heteroatoms. The van der Waals surface area contributed by atoms with Crippen molar-refractivity contribution in [3.8, 4) is 5.75 Å². The second-order valence-corrected chi connectivity index (χ2v) is 6.30. The Labute approximate surface area is 148 Å². The van der Waals surface area contributed by atoms with E-state index in [2.05, 4.69) is 5.32 Å². The fourth-order valence-electron chi connectivity index (χ4n) is 2.63. The molecule has 1 heterocycles. The first-order valence-corrected chi connectivity index (χ1v) is 8.59. The molecule has 0 radical (unpaired) electrons. The summed E-state index contributed by atoms with van der Waals surface area (Å²) in [5.41, 5.74) is 1.00. The van der Waals surface area contributed by atoms with Crippen LogP contribution in [0, 0.1) is 0 Å². The second kappa shape index (κ2) is 9.39. The molecular weight excluding hydrogens is 322 g/mol.